The number of rotatable bonds is 5. The van der Waals surface area contributed by atoms with Gasteiger partial charge in [-0.25, -0.2) is 0 Å². The molecule has 0 atom stereocenters. The number of carbonyl (C=O) groups is 3. The zero-order chi connectivity index (χ0) is 23.5. The van der Waals surface area contributed by atoms with Crippen molar-refractivity contribution < 1.29 is 23.2 Å². The van der Waals surface area contributed by atoms with Crippen LogP contribution in [0.3, 0.4) is 0 Å². The number of amides is 3. The van der Waals surface area contributed by atoms with Crippen LogP contribution in [0.15, 0.2) is 75.1 Å². The van der Waals surface area contributed by atoms with Crippen molar-refractivity contribution in [1.29, 1.82) is 0 Å². The fourth-order valence-corrected chi connectivity index (χ4v) is 4.46. The highest BCUT2D eigenvalue weighted by molar-refractivity contribution is 7.10. The van der Waals surface area contributed by atoms with E-state index in [1.54, 1.807) is 46.2 Å². The highest BCUT2D eigenvalue weighted by atomic mass is 32.1. The largest absolute Gasteiger partial charge is 0.459 e. The summed E-state index contributed by atoms with van der Waals surface area (Å²) in [6.07, 6.45) is 4.61. The van der Waals surface area contributed by atoms with Gasteiger partial charge >= 0.3 is 0 Å². The van der Waals surface area contributed by atoms with Crippen LogP contribution >= 0.6 is 11.3 Å². The Morgan fingerprint density at radius 1 is 0.912 bits per heavy atom. The number of anilines is 1. The van der Waals surface area contributed by atoms with E-state index in [-0.39, 0.29) is 29.2 Å². The number of nitrogens with one attached hydrogen (secondary N) is 1. The smallest absolute Gasteiger partial charge is 0.291 e. The van der Waals surface area contributed by atoms with E-state index in [1.165, 1.54) is 23.7 Å². The molecule has 5 rings (SSSR count). The number of furan rings is 2. The Balaban J connectivity index is 1.33. The minimum Gasteiger partial charge on any atom is -0.459 e. The highest BCUT2D eigenvalue weighted by Crippen LogP contribution is 2.32. The van der Waals surface area contributed by atoms with Gasteiger partial charge in [0, 0.05) is 42.5 Å². The molecule has 1 saturated heterocycles. The molecule has 0 saturated carbocycles. The second kappa shape index (κ2) is 9.40. The van der Waals surface area contributed by atoms with Crippen LogP contribution in [0.2, 0.25) is 0 Å². The van der Waals surface area contributed by atoms with Gasteiger partial charge in [0.05, 0.1) is 6.26 Å². The molecule has 0 aliphatic carbocycles. The summed E-state index contributed by atoms with van der Waals surface area (Å²) in [6.45, 7) is 1.43. The van der Waals surface area contributed by atoms with Gasteiger partial charge < -0.3 is 24.0 Å². The molecule has 3 aromatic heterocycles. The molecule has 1 aliphatic rings. The van der Waals surface area contributed by atoms with Gasteiger partial charge in [-0.15, -0.1) is 11.3 Å². The fourth-order valence-electron chi connectivity index (χ4n) is 3.84. The first-order valence-corrected chi connectivity index (χ1v) is 11.6. The number of piperazine rings is 1. The molecule has 1 aliphatic heterocycles. The number of carbonyl (C=O) groups excluding carboxylic acids is 3. The maximum Gasteiger partial charge on any atom is 0.291 e. The Labute approximate surface area is 199 Å². The van der Waals surface area contributed by atoms with Gasteiger partial charge in [0.1, 0.15) is 11.3 Å². The average molecular weight is 476 g/mol. The molecule has 3 amide bonds. The SMILES string of the molecule is O=C(/C=C/c1cccs1)Nc1c(C(=O)N2CCN(C(=O)c3ccco3)CC2)oc2ccccc12. The van der Waals surface area contributed by atoms with Crippen LogP contribution in [0.4, 0.5) is 5.69 Å². The number of nitrogens with zero attached hydrogens (tertiary/aromatic N) is 2. The zero-order valence-corrected chi connectivity index (χ0v) is 18.9. The summed E-state index contributed by atoms with van der Waals surface area (Å²) < 4.78 is 11.1. The number of hydrogen-bond acceptors (Lipinski definition) is 6. The average Bonchev–Trinajstić information content (AvgIpc) is 3.64. The van der Waals surface area contributed by atoms with Crippen LogP contribution in [-0.4, -0.2) is 53.7 Å². The lowest BCUT2D eigenvalue weighted by Gasteiger charge is -2.34. The van der Waals surface area contributed by atoms with E-state index in [4.69, 9.17) is 8.83 Å². The van der Waals surface area contributed by atoms with Gasteiger partial charge in [0.15, 0.2) is 5.76 Å². The first kappa shape index (κ1) is 21.7. The summed E-state index contributed by atoms with van der Waals surface area (Å²) in [5.41, 5.74) is 0.852. The van der Waals surface area contributed by atoms with Crippen LogP contribution in [0.1, 0.15) is 26.0 Å². The Kier molecular flexibility index (Phi) is 6.01. The first-order chi connectivity index (χ1) is 16.6. The minimum absolute atomic E-state index is 0.0740. The Hall–Kier alpha value is -4.11. The maximum atomic E-state index is 13.4. The Bertz CT molecular complexity index is 1350. The first-order valence-electron chi connectivity index (χ1n) is 10.8. The molecular weight excluding hydrogens is 454 g/mol. The number of para-hydroxylation sites is 1. The molecule has 0 bridgehead atoms. The number of fused-ring (bicyclic) bond motifs is 1. The molecule has 4 aromatic rings. The lowest BCUT2D eigenvalue weighted by molar-refractivity contribution is -0.111. The van der Waals surface area contributed by atoms with E-state index in [0.717, 1.165) is 4.88 Å². The van der Waals surface area contributed by atoms with Crippen molar-refractivity contribution in [2.45, 2.75) is 0 Å². The fraction of sp³-hybridized carbons (Fsp3) is 0.160. The topological polar surface area (TPSA) is 96.0 Å². The second-order valence-electron chi connectivity index (χ2n) is 7.70. The van der Waals surface area contributed by atoms with Gasteiger partial charge in [-0.05, 0) is 41.8 Å². The second-order valence-corrected chi connectivity index (χ2v) is 8.68. The third kappa shape index (κ3) is 4.38. The Morgan fingerprint density at radius 3 is 2.38 bits per heavy atom. The van der Waals surface area contributed by atoms with Crippen molar-refractivity contribution in [2.24, 2.45) is 0 Å². The molecule has 4 heterocycles. The van der Waals surface area contributed by atoms with E-state index < -0.39 is 0 Å². The predicted molar refractivity (Wildman–Crippen MR) is 129 cm³/mol. The molecular formula is C25H21N3O5S. The summed E-state index contributed by atoms with van der Waals surface area (Å²) in [5.74, 6) is -0.546. The number of benzene rings is 1. The third-order valence-corrected chi connectivity index (χ3v) is 6.40. The maximum absolute atomic E-state index is 13.4. The van der Waals surface area contributed by atoms with Gasteiger partial charge in [0.25, 0.3) is 11.8 Å². The number of hydrogen-bond donors (Lipinski definition) is 1. The van der Waals surface area contributed by atoms with Crippen molar-refractivity contribution in [3.8, 4) is 0 Å². The van der Waals surface area contributed by atoms with E-state index in [2.05, 4.69) is 5.32 Å². The van der Waals surface area contributed by atoms with Crippen molar-refractivity contribution in [2.75, 3.05) is 31.5 Å². The predicted octanol–water partition coefficient (Wildman–Crippen LogP) is 4.34. The van der Waals surface area contributed by atoms with Crippen molar-refractivity contribution in [3.05, 3.63) is 82.6 Å². The molecule has 1 N–H and O–H groups in total. The van der Waals surface area contributed by atoms with Crippen molar-refractivity contribution in [1.82, 2.24) is 9.80 Å². The van der Waals surface area contributed by atoms with E-state index in [1.807, 2.05) is 23.6 Å². The van der Waals surface area contributed by atoms with Gasteiger partial charge in [-0.1, -0.05) is 18.2 Å². The monoisotopic (exact) mass is 475 g/mol. The normalized spacial score (nSPS) is 14.1. The van der Waals surface area contributed by atoms with E-state index >= 15 is 0 Å². The lowest BCUT2D eigenvalue weighted by atomic mass is 10.2. The van der Waals surface area contributed by atoms with Gasteiger partial charge in [-0.3, -0.25) is 14.4 Å². The van der Waals surface area contributed by atoms with Crippen LogP contribution < -0.4 is 5.32 Å². The molecule has 1 fully saturated rings. The molecule has 34 heavy (non-hydrogen) atoms. The Morgan fingerprint density at radius 2 is 1.68 bits per heavy atom. The van der Waals surface area contributed by atoms with E-state index in [0.29, 0.717) is 42.8 Å². The summed E-state index contributed by atoms with van der Waals surface area (Å²) >= 11 is 1.52. The van der Waals surface area contributed by atoms with Crippen LogP contribution in [0, 0.1) is 0 Å². The van der Waals surface area contributed by atoms with Crippen LogP contribution in [0.25, 0.3) is 17.0 Å². The van der Waals surface area contributed by atoms with Gasteiger partial charge in [0.2, 0.25) is 11.7 Å². The van der Waals surface area contributed by atoms with Crippen LogP contribution in [0.5, 0.6) is 0 Å². The van der Waals surface area contributed by atoms with E-state index in [9.17, 15) is 14.4 Å². The third-order valence-electron chi connectivity index (χ3n) is 5.57. The number of thiophene rings is 1. The summed E-state index contributed by atoms with van der Waals surface area (Å²) in [4.78, 5) is 42.7. The molecule has 8 nitrogen and oxygen atoms in total. The summed E-state index contributed by atoms with van der Waals surface area (Å²) in [6, 6.07) is 14.3. The zero-order valence-electron chi connectivity index (χ0n) is 18.1. The lowest BCUT2D eigenvalue weighted by Crippen LogP contribution is -2.50. The molecule has 0 unspecified atom stereocenters. The highest BCUT2D eigenvalue weighted by Gasteiger charge is 2.30. The summed E-state index contributed by atoms with van der Waals surface area (Å²) in [5, 5.41) is 5.40. The van der Waals surface area contributed by atoms with Crippen molar-refractivity contribution in [3.63, 3.8) is 0 Å². The van der Waals surface area contributed by atoms with Crippen molar-refractivity contribution >= 4 is 51.8 Å². The molecule has 0 spiro atoms. The quantitative estimate of drug-likeness (QED) is 0.433. The molecule has 0 radical (unpaired) electrons. The molecule has 1 aromatic carbocycles. The van der Waals surface area contributed by atoms with Gasteiger partial charge in [-0.2, -0.15) is 0 Å². The van der Waals surface area contributed by atoms with Crippen LogP contribution in [-0.2, 0) is 4.79 Å². The summed E-state index contributed by atoms with van der Waals surface area (Å²) in [7, 11) is 0. The standard InChI is InChI=1S/C25H21N3O5S/c29-21(10-9-17-5-4-16-34-17)26-22-18-6-1-2-7-19(18)33-23(22)25(31)28-13-11-27(12-14-28)24(30)20-8-3-15-32-20/h1-10,15-16H,11-14H2,(H,26,29)/b10-9+. The minimum atomic E-state index is -0.358. The molecule has 9 heteroatoms. The molecule has 172 valence electrons.